The average Bonchev–Trinajstić information content (AvgIpc) is 2.80. The van der Waals surface area contributed by atoms with Gasteiger partial charge in [0.2, 0.25) is 5.91 Å². The van der Waals surface area contributed by atoms with Crippen LogP contribution in [0.4, 0.5) is 0 Å². The summed E-state index contributed by atoms with van der Waals surface area (Å²) >= 11 is 0. The van der Waals surface area contributed by atoms with E-state index >= 15 is 0 Å². The first-order valence-electron chi connectivity index (χ1n) is 6.92. The number of carbonyl (C=O) groups is 1. The number of H-pyrrole nitrogens is 1. The molecule has 3 rings (SSSR count). The molecule has 1 aliphatic carbocycles. The fourth-order valence-electron chi connectivity index (χ4n) is 2.64. The number of rotatable bonds is 4. The second kappa shape index (κ2) is 5.26. The normalized spacial score (nSPS) is 23.3. The van der Waals surface area contributed by atoms with Gasteiger partial charge in [-0.05, 0) is 30.9 Å². The van der Waals surface area contributed by atoms with Gasteiger partial charge in [-0.15, -0.1) is 0 Å². The molecule has 0 radical (unpaired) electrons. The molecule has 0 aliphatic heterocycles. The molecule has 1 amide bonds. The third-order valence-electron chi connectivity index (χ3n) is 3.91. The van der Waals surface area contributed by atoms with Crippen molar-refractivity contribution in [2.45, 2.75) is 37.5 Å². The van der Waals surface area contributed by atoms with Gasteiger partial charge < -0.3 is 21.1 Å². The highest BCUT2D eigenvalue weighted by Crippen LogP contribution is 2.21. The van der Waals surface area contributed by atoms with E-state index in [1.54, 1.807) is 0 Å². The third-order valence-corrected chi connectivity index (χ3v) is 3.91. The zero-order chi connectivity index (χ0) is 14.1. The second-order valence-corrected chi connectivity index (χ2v) is 5.50. The van der Waals surface area contributed by atoms with Gasteiger partial charge in [-0.2, -0.15) is 0 Å². The molecule has 1 saturated carbocycles. The number of benzene rings is 1. The predicted molar refractivity (Wildman–Crippen MR) is 77.1 cm³/mol. The van der Waals surface area contributed by atoms with Crippen LogP contribution in [0.1, 0.15) is 18.4 Å². The van der Waals surface area contributed by atoms with Gasteiger partial charge in [-0.1, -0.05) is 18.2 Å². The van der Waals surface area contributed by atoms with Crippen LogP contribution in [0.2, 0.25) is 0 Å². The number of aliphatic hydroxyl groups excluding tert-OH is 1. The molecule has 1 heterocycles. The number of amides is 1. The summed E-state index contributed by atoms with van der Waals surface area (Å²) in [4.78, 5) is 15.2. The first-order valence-corrected chi connectivity index (χ1v) is 6.92. The molecular weight excluding hydrogens is 254 g/mol. The molecule has 0 spiro atoms. The molecule has 0 saturated heterocycles. The Morgan fingerprint density at radius 1 is 1.45 bits per heavy atom. The van der Waals surface area contributed by atoms with Crippen molar-refractivity contribution < 1.29 is 9.90 Å². The molecule has 2 aromatic rings. The van der Waals surface area contributed by atoms with Crippen LogP contribution in [-0.2, 0) is 11.2 Å². The molecule has 1 aromatic carbocycles. The van der Waals surface area contributed by atoms with Crippen molar-refractivity contribution in [1.29, 1.82) is 0 Å². The minimum atomic E-state index is -0.563. The maximum Gasteiger partial charge on any atom is 0.237 e. The van der Waals surface area contributed by atoms with E-state index < -0.39 is 6.04 Å². The zero-order valence-electron chi connectivity index (χ0n) is 11.2. The lowest BCUT2D eigenvalue weighted by Gasteiger charge is -2.32. The molecule has 20 heavy (non-hydrogen) atoms. The lowest BCUT2D eigenvalue weighted by atomic mass is 9.89. The molecule has 106 valence electrons. The fourth-order valence-corrected chi connectivity index (χ4v) is 2.64. The number of hydrogen-bond donors (Lipinski definition) is 4. The highest BCUT2D eigenvalue weighted by atomic mass is 16.3. The lowest BCUT2D eigenvalue weighted by molar-refractivity contribution is -0.124. The smallest absolute Gasteiger partial charge is 0.237 e. The number of aliphatic hydroxyl groups is 1. The van der Waals surface area contributed by atoms with Crippen molar-refractivity contribution in [3.63, 3.8) is 0 Å². The number of para-hydroxylation sites is 1. The van der Waals surface area contributed by atoms with E-state index in [0.29, 0.717) is 19.3 Å². The van der Waals surface area contributed by atoms with Gasteiger partial charge in [0.1, 0.15) is 0 Å². The lowest BCUT2D eigenvalue weighted by Crippen LogP contribution is -2.52. The molecule has 5 N–H and O–H groups in total. The number of aromatic amines is 1. The minimum Gasteiger partial charge on any atom is -0.393 e. The maximum atomic E-state index is 12.0. The van der Waals surface area contributed by atoms with Crippen LogP contribution in [0.25, 0.3) is 10.9 Å². The summed E-state index contributed by atoms with van der Waals surface area (Å²) in [6, 6.07) is 7.48. The van der Waals surface area contributed by atoms with Crippen LogP contribution in [0, 0.1) is 0 Å². The number of fused-ring (bicyclic) bond motifs is 1. The van der Waals surface area contributed by atoms with E-state index in [9.17, 15) is 9.90 Å². The van der Waals surface area contributed by atoms with Crippen LogP contribution < -0.4 is 11.1 Å². The van der Waals surface area contributed by atoms with Crippen molar-refractivity contribution in [1.82, 2.24) is 10.3 Å². The SMILES string of the molecule is N[C@H](Cc1c[nH]c2ccccc12)C(=O)NC1CC(O)C1. The maximum absolute atomic E-state index is 12.0. The first kappa shape index (κ1) is 13.1. The first-order chi connectivity index (χ1) is 9.63. The highest BCUT2D eigenvalue weighted by Gasteiger charge is 2.29. The van der Waals surface area contributed by atoms with E-state index in [2.05, 4.69) is 10.3 Å². The summed E-state index contributed by atoms with van der Waals surface area (Å²) in [5.41, 5.74) is 8.08. The molecule has 5 nitrogen and oxygen atoms in total. The Morgan fingerprint density at radius 2 is 2.20 bits per heavy atom. The molecular formula is C15H19N3O2. The summed E-state index contributed by atoms with van der Waals surface area (Å²) in [6.07, 6.45) is 3.40. The van der Waals surface area contributed by atoms with Crippen LogP contribution in [-0.4, -0.2) is 34.2 Å². The van der Waals surface area contributed by atoms with Crippen LogP contribution >= 0.6 is 0 Å². The summed E-state index contributed by atoms with van der Waals surface area (Å²) in [6.45, 7) is 0. The van der Waals surface area contributed by atoms with Gasteiger partial charge >= 0.3 is 0 Å². The summed E-state index contributed by atoms with van der Waals surface area (Å²) in [5.74, 6) is -0.146. The standard InChI is InChI=1S/C15H19N3O2/c16-13(15(20)18-10-6-11(19)7-10)5-9-8-17-14-4-2-1-3-12(9)14/h1-4,8,10-11,13,17,19H,5-7,16H2,(H,18,20)/t10?,11?,13-/m1/s1. The highest BCUT2D eigenvalue weighted by molar-refractivity contribution is 5.86. The third kappa shape index (κ3) is 2.55. The van der Waals surface area contributed by atoms with E-state index in [1.807, 2.05) is 30.5 Å². The Hall–Kier alpha value is -1.85. The van der Waals surface area contributed by atoms with Gasteiger partial charge in [-0.25, -0.2) is 0 Å². The predicted octanol–water partition coefficient (Wildman–Crippen LogP) is 0.677. The average molecular weight is 273 g/mol. The summed E-state index contributed by atoms with van der Waals surface area (Å²) in [7, 11) is 0. The summed E-state index contributed by atoms with van der Waals surface area (Å²) < 4.78 is 0. The number of aromatic nitrogens is 1. The van der Waals surface area contributed by atoms with Crippen LogP contribution in [0.5, 0.6) is 0 Å². The Morgan fingerprint density at radius 3 is 2.95 bits per heavy atom. The van der Waals surface area contributed by atoms with E-state index in [0.717, 1.165) is 16.5 Å². The summed E-state index contributed by atoms with van der Waals surface area (Å²) in [5, 5.41) is 13.2. The van der Waals surface area contributed by atoms with E-state index in [4.69, 9.17) is 5.73 Å². The van der Waals surface area contributed by atoms with Gasteiger partial charge in [0, 0.05) is 23.1 Å². The zero-order valence-corrected chi connectivity index (χ0v) is 11.2. The number of hydrogen-bond acceptors (Lipinski definition) is 3. The molecule has 0 unspecified atom stereocenters. The molecule has 1 aromatic heterocycles. The Labute approximate surface area is 117 Å². The van der Waals surface area contributed by atoms with Crippen molar-refractivity contribution in [3.05, 3.63) is 36.0 Å². The van der Waals surface area contributed by atoms with Crippen molar-refractivity contribution >= 4 is 16.8 Å². The quantitative estimate of drug-likeness (QED) is 0.660. The fraction of sp³-hybridized carbons (Fsp3) is 0.400. The molecule has 5 heteroatoms. The van der Waals surface area contributed by atoms with Crippen molar-refractivity contribution in [2.75, 3.05) is 0 Å². The van der Waals surface area contributed by atoms with Crippen molar-refractivity contribution in [2.24, 2.45) is 5.73 Å². The Balaban J connectivity index is 1.63. The number of nitrogens with two attached hydrogens (primary N) is 1. The topological polar surface area (TPSA) is 91.1 Å². The van der Waals surface area contributed by atoms with Gasteiger partial charge in [0.15, 0.2) is 0 Å². The largest absolute Gasteiger partial charge is 0.393 e. The Kier molecular flexibility index (Phi) is 3.46. The minimum absolute atomic E-state index is 0.0755. The van der Waals surface area contributed by atoms with Gasteiger partial charge in [0.25, 0.3) is 0 Å². The molecule has 1 aliphatic rings. The van der Waals surface area contributed by atoms with Crippen molar-refractivity contribution in [3.8, 4) is 0 Å². The molecule has 0 bridgehead atoms. The van der Waals surface area contributed by atoms with E-state index in [1.165, 1.54) is 0 Å². The Bertz CT molecular complexity index is 616. The van der Waals surface area contributed by atoms with Crippen LogP contribution in [0.15, 0.2) is 30.5 Å². The van der Waals surface area contributed by atoms with Crippen LogP contribution in [0.3, 0.4) is 0 Å². The monoisotopic (exact) mass is 273 g/mol. The second-order valence-electron chi connectivity index (χ2n) is 5.50. The van der Waals surface area contributed by atoms with Gasteiger partial charge in [-0.3, -0.25) is 4.79 Å². The van der Waals surface area contributed by atoms with E-state index in [-0.39, 0.29) is 18.1 Å². The molecule has 1 atom stereocenters. The number of carbonyl (C=O) groups excluding carboxylic acids is 1. The number of nitrogens with one attached hydrogen (secondary N) is 2. The molecule has 1 fully saturated rings. The van der Waals surface area contributed by atoms with Gasteiger partial charge in [0.05, 0.1) is 12.1 Å².